The van der Waals surface area contributed by atoms with E-state index >= 15 is 0 Å². The van der Waals surface area contributed by atoms with Gasteiger partial charge < -0.3 is 5.32 Å². The highest BCUT2D eigenvalue weighted by molar-refractivity contribution is 9.10. The Labute approximate surface area is 102 Å². The highest BCUT2D eigenvalue weighted by atomic mass is 79.9. The van der Waals surface area contributed by atoms with Gasteiger partial charge in [-0.2, -0.15) is 0 Å². The minimum absolute atomic E-state index is 0.0164. The first-order valence-electron chi connectivity index (χ1n) is 5.11. The second kappa shape index (κ2) is 4.37. The molecule has 1 heterocycles. The maximum absolute atomic E-state index is 10.8. The largest absolute Gasteiger partial charge is 0.364 e. The Balaban J connectivity index is 2.09. The smallest absolute Gasteiger partial charge is 0.312 e. The molecule has 5 nitrogen and oxygen atoms in total. The molecule has 2 rings (SSSR count). The molecule has 1 aliphatic carbocycles. The summed E-state index contributed by atoms with van der Waals surface area (Å²) >= 11 is 3.17. The number of pyridine rings is 1. The van der Waals surface area contributed by atoms with Gasteiger partial charge in [0.15, 0.2) is 0 Å². The van der Waals surface area contributed by atoms with E-state index in [1.807, 2.05) is 0 Å². The Kier molecular flexibility index (Phi) is 3.09. The summed E-state index contributed by atoms with van der Waals surface area (Å²) in [6.07, 6.45) is 2.75. The van der Waals surface area contributed by atoms with Crippen molar-refractivity contribution < 1.29 is 4.92 Å². The molecule has 0 aliphatic heterocycles. The number of hydrogen-bond donors (Lipinski definition) is 1. The van der Waals surface area contributed by atoms with Crippen molar-refractivity contribution in [2.24, 2.45) is 11.8 Å². The van der Waals surface area contributed by atoms with Gasteiger partial charge in [-0.25, -0.2) is 4.98 Å². The molecule has 1 fully saturated rings. The number of anilines is 1. The van der Waals surface area contributed by atoms with E-state index in [9.17, 15) is 10.1 Å². The predicted octanol–water partition coefficient (Wildman–Crippen LogP) is 2.82. The van der Waals surface area contributed by atoms with E-state index in [-0.39, 0.29) is 5.69 Å². The molecule has 0 spiro atoms. The first-order valence-corrected chi connectivity index (χ1v) is 5.91. The Morgan fingerprint density at radius 1 is 1.75 bits per heavy atom. The Morgan fingerprint density at radius 2 is 2.44 bits per heavy atom. The maximum atomic E-state index is 10.8. The molecule has 0 saturated heterocycles. The number of nitrogens with one attached hydrogen (secondary N) is 1. The number of halogens is 1. The van der Waals surface area contributed by atoms with Gasteiger partial charge in [-0.15, -0.1) is 0 Å². The average Bonchev–Trinajstić information content (AvgIpc) is 2.92. The summed E-state index contributed by atoms with van der Waals surface area (Å²) in [6.45, 7) is 2.94. The van der Waals surface area contributed by atoms with Gasteiger partial charge in [0.05, 0.1) is 4.92 Å². The third-order valence-corrected chi connectivity index (χ3v) is 3.27. The maximum Gasteiger partial charge on any atom is 0.312 e. The van der Waals surface area contributed by atoms with Crippen molar-refractivity contribution in [1.29, 1.82) is 0 Å². The van der Waals surface area contributed by atoms with Crippen LogP contribution in [0.25, 0.3) is 0 Å². The fourth-order valence-corrected chi connectivity index (χ4v) is 1.93. The van der Waals surface area contributed by atoms with E-state index in [1.165, 1.54) is 12.5 Å². The van der Waals surface area contributed by atoms with E-state index < -0.39 is 4.92 Å². The lowest BCUT2D eigenvalue weighted by Gasteiger charge is -2.05. The minimum atomic E-state index is -0.420. The fourth-order valence-electron chi connectivity index (χ4n) is 1.62. The van der Waals surface area contributed by atoms with Crippen LogP contribution in [-0.4, -0.2) is 16.5 Å². The van der Waals surface area contributed by atoms with Crippen LogP contribution in [0.15, 0.2) is 16.7 Å². The van der Waals surface area contributed by atoms with Crippen molar-refractivity contribution in [1.82, 2.24) is 4.98 Å². The fraction of sp³-hybridized carbons (Fsp3) is 0.500. The molecule has 1 aliphatic rings. The summed E-state index contributed by atoms with van der Waals surface area (Å²) in [6, 6.07) is 1.46. The number of hydrogen-bond acceptors (Lipinski definition) is 4. The van der Waals surface area contributed by atoms with Gasteiger partial charge in [-0.05, 0) is 34.2 Å². The van der Waals surface area contributed by atoms with Gasteiger partial charge in [-0.1, -0.05) is 6.92 Å². The second-order valence-corrected chi connectivity index (χ2v) is 5.05. The highest BCUT2D eigenvalue weighted by Gasteiger charge is 2.32. The van der Waals surface area contributed by atoms with Crippen molar-refractivity contribution in [3.8, 4) is 0 Å². The van der Waals surface area contributed by atoms with Crippen LogP contribution in [0.5, 0.6) is 0 Å². The van der Waals surface area contributed by atoms with Crippen LogP contribution >= 0.6 is 15.9 Å². The molecule has 0 aromatic carbocycles. The molecule has 16 heavy (non-hydrogen) atoms. The topological polar surface area (TPSA) is 68.1 Å². The van der Waals surface area contributed by atoms with Crippen molar-refractivity contribution in [3.63, 3.8) is 0 Å². The van der Waals surface area contributed by atoms with Crippen LogP contribution in [0, 0.1) is 22.0 Å². The van der Waals surface area contributed by atoms with E-state index in [0.717, 1.165) is 12.5 Å². The lowest BCUT2D eigenvalue weighted by Crippen LogP contribution is -2.08. The SMILES string of the molecule is CC1CC1CNc1ncc(Br)cc1[N+](=O)[O-]. The molecule has 1 aromatic rings. The first kappa shape index (κ1) is 11.3. The molecule has 0 radical (unpaired) electrons. The van der Waals surface area contributed by atoms with Gasteiger partial charge in [0, 0.05) is 23.3 Å². The molecular weight excluding hydrogens is 274 g/mol. The minimum Gasteiger partial charge on any atom is -0.364 e. The lowest BCUT2D eigenvalue weighted by atomic mass is 10.3. The predicted molar refractivity (Wildman–Crippen MR) is 64.4 cm³/mol. The molecule has 2 unspecified atom stereocenters. The summed E-state index contributed by atoms with van der Waals surface area (Å²) in [5.41, 5.74) is 0.0164. The lowest BCUT2D eigenvalue weighted by molar-refractivity contribution is -0.384. The van der Waals surface area contributed by atoms with Crippen LogP contribution in [0.2, 0.25) is 0 Å². The molecular formula is C10H12BrN3O2. The number of aromatic nitrogens is 1. The summed E-state index contributed by atoms with van der Waals surface area (Å²) in [5.74, 6) is 1.71. The summed E-state index contributed by atoms with van der Waals surface area (Å²) in [7, 11) is 0. The van der Waals surface area contributed by atoms with Crippen LogP contribution in [0.1, 0.15) is 13.3 Å². The monoisotopic (exact) mass is 285 g/mol. The molecule has 1 saturated carbocycles. The van der Waals surface area contributed by atoms with E-state index in [4.69, 9.17) is 0 Å². The zero-order chi connectivity index (χ0) is 11.7. The van der Waals surface area contributed by atoms with Crippen LogP contribution in [0.4, 0.5) is 11.5 Å². The number of rotatable bonds is 4. The quantitative estimate of drug-likeness (QED) is 0.682. The standard InChI is InChI=1S/C10H12BrN3O2/c1-6-2-7(6)4-12-10-9(14(15)16)3-8(11)5-13-10/h3,5-7H,2,4H2,1H3,(H,12,13). The summed E-state index contributed by atoms with van der Waals surface area (Å²) in [5, 5.41) is 13.8. The highest BCUT2D eigenvalue weighted by Crippen LogP contribution is 2.38. The Bertz CT molecular complexity index is 425. The van der Waals surface area contributed by atoms with Crippen LogP contribution < -0.4 is 5.32 Å². The van der Waals surface area contributed by atoms with Gasteiger partial charge in [-0.3, -0.25) is 10.1 Å². The van der Waals surface area contributed by atoms with Gasteiger partial charge in [0.25, 0.3) is 0 Å². The van der Waals surface area contributed by atoms with E-state index in [0.29, 0.717) is 16.2 Å². The van der Waals surface area contributed by atoms with Gasteiger partial charge in [0.2, 0.25) is 5.82 Å². The van der Waals surface area contributed by atoms with Crippen molar-refractivity contribution in [2.75, 3.05) is 11.9 Å². The van der Waals surface area contributed by atoms with E-state index in [2.05, 4.69) is 33.2 Å². The Hall–Kier alpha value is -1.17. The number of nitrogens with zero attached hydrogens (tertiary/aromatic N) is 2. The molecule has 0 amide bonds. The normalized spacial score (nSPS) is 22.9. The zero-order valence-electron chi connectivity index (χ0n) is 8.81. The Morgan fingerprint density at radius 3 is 3.00 bits per heavy atom. The molecule has 6 heteroatoms. The van der Waals surface area contributed by atoms with Crippen molar-refractivity contribution >= 4 is 27.4 Å². The van der Waals surface area contributed by atoms with Crippen LogP contribution in [-0.2, 0) is 0 Å². The summed E-state index contributed by atoms with van der Waals surface area (Å²) < 4.78 is 0.615. The van der Waals surface area contributed by atoms with Gasteiger partial charge in [0.1, 0.15) is 0 Å². The number of nitro groups is 1. The van der Waals surface area contributed by atoms with Crippen molar-refractivity contribution in [3.05, 3.63) is 26.9 Å². The average molecular weight is 286 g/mol. The first-order chi connectivity index (χ1) is 7.58. The molecule has 1 aromatic heterocycles. The molecule has 0 bridgehead atoms. The van der Waals surface area contributed by atoms with Crippen LogP contribution in [0.3, 0.4) is 0 Å². The van der Waals surface area contributed by atoms with E-state index in [1.54, 1.807) is 6.20 Å². The summed E-state index contributed by atoms with van der Waals surface area (Å²) in [4.78, 5) is 14.4. The molecule has 2 atom stereocenters. The third-order valence-electron chi connectivity index (χ3n) is 2.84. The van der Waals surface area contributed by atoms with Gasteiger partial charge >= 0.3 is 5.69 Å². The third kappa shape index (κ3) is 2.49. The second-order valence-electron chi connectivity index (χ2n) is 4.13. The molecule has 1 N–H and O–H groups in total. The molecule has 86 valence electrons. The zero-order valence-corrected chi connectivity index (χ0v) is 10.4. The van der Waals surface area contributed by atoms with Crippen molar-refractivity contribution in [2.45, 2.75) is 13.3 Å².